The molecule has 1 unspecified atom stereocenters. The monoisotopic (exact) mass is 919 g/mol. The minimum Gasteiger partial charge on any atom is -0.462 e. The van der Waals surface area contributed by atoms with Crippen molar-refractivity contribution in [2.24, 2.45) is 0 Å². The molecule has 0 fully saturated rings. The van der Waals surface area contributed by atoms with E-state index in [1.807, 2.05) is 0 Å². The lowest BCUT2D eigenvalue weighted by atomic mass is 10.1. The molecule has 0 N–H and O–H groups in total. The van der Waals surface area contributed by atoms with Crippen LogP contribution in [-0.4, -0.2) is 37.2 Å². The summed E-state index contributed by atoms with van der Waals surface area (Å²) in [4.78, 5) is 37.9. The maximum Gasteiger partial charge on any atom is 0.306 e. The minimum absolute atomic E-state index is 0.0937. The topological polar surface area (TPSA) is 78.9 Å². The molecule has 0 aromatic carbocycles. The molecular weight excluding hydrogens is 817 g/mol. The predicted molar refractivity (Wildman–Crippen MR) is 284 cm³/mol. The molecule has 66 heavy (non-hydrogen) atoms. The van der Waals surface area contributed by atoms with Crippen LogP contribution in [0.5, 0.6) is 0 Å². The zero-order valence-corrected chi connectivity index (χ0v) is 43.2. The fourth-order valence-electron chi connectivity index (χ4n) is 7.50. The van der Waals surface area contributed by atoms with Crippen molar-refractivity contribution in [2.45, 2.75) is 264 Å². The van der Waals surface area contributed by atoms with Crippen LogP contribution in [0.1, 0.15) is 258 Å². The zero-order valence-electron chi connectivity index (χ0n) is 43.2. The van der Waals surface area contributed by atoms with Gasteiger partial charge in [0, 0.05) is 19.3 Å². The average molecular weight is 919 g/mol. The second-order valence-electron chi connectivity index (χ2n) is 18.1. The summed E-state index contributed by atoms with van der Waals surface area (Å²) in [6, 6.07) is 0. The van der Waals surface area contributed by atoms with Crippen LogP contribution in [0.25, 0.3) is 0 Å². The summed E-state index contributed by atoms with van der Waals surface area (Å²) in [6.07, 6.45) is 70.2. The summed E-state index contributed by atoms with van der Waals surface area (Å²) < 4.78 is 16.7. The van der Waals surface area contributed by atoms with Gasteiger partial charge in [0.05, 0.1) is 0 Å². The van der Waals surface area contributed by atoms with Gasteiger partial charge in [-0.05, 0) is 96.3 Å². The Bertz CT molecular complexity index is 1290. The molecule has 0 radical (unpaired) electrons. The fraction of sp³-hybridized carbons (Fsp3) is 0.717. The quantitative estimate of drug-likeness (QED) is 0.0262. The Labute approximate surface area is 407 Å². The van der Waals surface area contributed by atoms with Crippen molar-refractivity contribution in [1.82, 2.24) is 0 Å². The Morgan fingerprint density at radius 3 is 0.955 bits per heavy atom. The van der Waals surface area contributed by atoms with E-state index < -0.39 is 6.10 Å². The summed E-state index contributed by atoms with van der Waals surface area (Å²) in [7, 11) is 0. The predicted octanol–water partition coefficient (Wildman–Crippen LogP) is 18.4. The van der Waals surface area contributed by atoms with Crippen molar-refractivity contribution in [3.05, 3.63) is 85.1 Å². The van der Waals surface area contributed by atoms with Crippen LogP contribution in [0, 0.1) is 0 Å². The summed E-state index contributed by atoms with van der Waals surface area (Å²) in [5, 5.41) is 0. The van der Waals surface area contributed by atoms with Gasteiger partial charge in [0.15, 0.2) is 6.10 Å². The number of rotatable bonds is 49. The maximum atomic E-state index is 12.8. The molecule has 0 rings (SSSR count). The van der Waals surface area contributed by atoms with Crippen molar-refractivity contribution >= 4 is 17.9 Å². The summed E-state index contributed by atoms with van der Waals surface area (Å²) in [5.74, 6) is -0.943. The number of hydrogen-bond donors (Lipinski definition) is 0. The smallest absolute Gasteiger partial charge is 0.306 e. The van der Waals surface area contributed by atoms with Gasteiger partial charge in [-0.2, -0.15) is 0 Å². The molecule has 0 spiro atoms. The number of esters is 3. The lowest BCUT2D eigenvalue weighted by molar-refractivity contribution is -0.167. The van der Waals surface area contributed by atoms with E-state index in [1.165, 1.54) is 122 Å². The van der Waals surface area contributed by atoms with Gasteiger partial charge in [0.25, 0.3) is 0 Å². The van der Waals surface area contributed by atoms with Crippen molar-refractivity contribution < 1.29 is 28.6 Å². The number of ether oxygens (including phenoxy) is 3. The van der Waals surface area contributed by atoms with Gasteiger partial charge in [-0.25, -0.2) is 0 Å². The number of unbranched alkanes of at least 4 members (excludes halogenated alkanes) is 24. The molecule has 0 amide bonds. The standard InChI is InChI=1S/C60H102O6/c1-4-7-10-13-16-19-21-23-25-26-27-28-29-30-31-32-33-34-36-37-39-41-44-47-50-53-59(62)65-56-57(55-64-58(61)52-49-46-43-18-15-12-9-6-3)66-60(63)54-51-48-45-42-40-38-35-24-22-20-17-14-11-8-5-2/h8,11,17,20-21,23-24,26-27,29-30,35,40,42,57H,4-7,9-10,12-16,18-19,22,25,28,31-34,36-39,41,43-56H2,1-3H3/b11-8-,20-17-,23-21-,27-26-,30-29-,35-24-,42-40-. The Morgan fingerprint density at radius 1 is 0.318 bits per heavy atom. The molecule has 0 aliphatic carbocycles. The second kappa shape index (κ2) is 54.2. The first-order chi connectivity index (χ1) is 32.5. The number of carbonyl (C=O) groups excluding carboxylic acids is 3. The van der Waals surface area contributed by atoms with Gasteiger partial charge in [-0.3, -0.25) is 14.4 Å². The third kappa shape index (κ3) is 51.6. The van der Waals surface area contributed by atoms with Crippen LogP contribution in [0.15, 0.2) is 85.1 Å². The Morgan fingerprint density at radius 2 is 0.591 bits per heavy atom. The van der Waals surface area contributed by atoms with E-state index in [2.05, 4.69) is 106 Å². The van der Waals surface area contributed by atoms with Gasteiger partial charge in [0.2, 0.25) is 0 Å². The van der Waals surface area contributed by atoms with Crippen LogP contribution in [0.3, 0.4) is 0 Å². The molecule has 0 saturated carbocycles. The molecule has 0 aliphatic rings. The largest absolute Gasteiger partial charge is 0.462 e. The van der Waals surface area contributed by atoms with Crippen LogP contribution < -0.4 is 0 Å². The van der Waals surface area contributed by atoms with Crippen molar-refractivity contribution in [3.63, 3.8) is 0 Å². The normalized spacial score (nSPS) is 12.7. The SMILES string of the molecule is CC/C=C\C/C=C\C/C=C\C/C=C\CCCCC(=O)OC(COC(=O)CCCCCCCCCC)COC(=O)CCCCCCCCCCCC/C=C\C/C=C\C/C=C\CCCCCCC. The lowest BCUT2D eigenvalue weighted by Crippen LogP contribution is -2.30. The summed E-state index contributed by atoms with van der Waals surface area (Å²) in [6.45, 7) is 6.45. The van der Waals surface area contributed by atoms with E-state index in [9.17, 15) is 14.4 Å². The molecule has 0 saturated heterocycles. The molecule has 378 valence electrons. The zero-order chi connectivity index (χ0) is 47.9. The maximum absolute atomic E-state index is 12.8. The second-order valence-corrected chi connectivity index (χ2v) is 18.1. The van der Waals surface area contributed by atoms with Crippen molar-refractivity contribution in [2.75, 3.05) is 13.2 Å². The molecule has 0 aromatic heterocycles. The third-order valence-corrected chi connectivity index (χ3v) is 11.6. The molecule has 0 heterocycles. The van der Waals surface area contributed by atoms with E-state index in [-0.39, 0.29) is 37.5 Å². The van der Waals surface area contributed by atoms with Crippen LogP contribution in [0.2, 0.25) is 0 Å². The van der Waals surface area contributed by atoms with Gasteiger partial charge in [-0.1, -0.05) is 228 Å². The fourth-order valence-corrected chi connectivity index (χ4v) is 7.50. The van der Waals surface area contributed by atoms with Gasteiger partial charge < -0.3 is 14.2 Å². The van der Waals surface area contributed by atoms with Gasteiger partial charge in [0.1, 0.15) is 13.2 Å². The molecule has 0 aliphatic heterocycles. The van der Waals surface area contributed by atoms with E-state index in [0.717, 1.165) is 89.9 Å². The highest BCUT2D eigenvalue weighted by Crippen LogP contribution is 2.14. The van der Waals surface area contributed by atoms with Crippen molar-refractivity contribution in [1.29, 1.82) is 0 Å². The highest BCUT2D eigenvalue weighted by Gasteiger charge is 2.19. The van der Waals surface area contributed by atoms with Crippen LogP contribution in [0.4, 0.5) is 0 Å². The summed E-state index contributed by atoms with van der Waals surface area (Å²) in [5.41, 5.74) is 0. The number of carbonyl (C=O) groups is 3. The van der Waals surface area contributed by atoms with Crippen molar-refractivity contribution in [3.8, 4) is 0 Å². The van der Waals surface area contributed by atoms with Gasteiger partial charge >= 0.3 is 17.9 Å². The van der Waals surface area contributed by atoms with Crippen LogP contribution in [-0.2, 0) is 28.6 Å². The molecule has 0 bridgehead atoms. The average Bonchev–Trinajstić information content (AvgIpc) is 3.31. The molecule has 6 nitrogen and oxygen atoms in total. The number of allylic oxidation sites excluding steroid dienone is 14. The van der Waals surface area contributed by atoms with Crippen LogP contribution >= 0.6 is 0 Å². The first-order valence-corrected chi connectivity index (χ1v) is 27.6. The highest BCUT2D eigenvalue weighted by atomic mass is 16.6. The van der Waals surface area contributed by atoms with Gasteiger partial charge in [-0.15, -0.1) is 0 Å². The van der Waals surface area contributed by atoms with E-state index in [0.29, 0.717) is 19.3 Å². The molecule has 6 heteroatoms. The van der Waals surface area contributed by atoms with E-state index in [4.69, 9.17) is 14.2 Å². The number of hydrogen-bond acceptors (Lipinski definition) is 6. The first kappa shape index (κ1) is 62.6. The molecule has 0 aromatic rings. The lowest BCUT2D eigenvalue weighted by Gasteiger charge is -2.18. The summed E-state index contributed by atoms with van der Waals surface area (Å²) >= 11 is 0. The first-order valence-electron chi connectivity index (χ1n) is 27.6. The minimum atomic E-state index is -0.797. The van der Waals surface area contributed by atoms with E-state index in [1.54, 1.807) is 0 Å². The molecule has 1 atom stereocenters. The highest BCUT2D eigenvalue weighted by molar-refractivity contribution is 5.71. The van der Waals surface area contributed by atoms with E-state index >= 15 is 0 Å². The Hall–Kier alpha value is -3.41. The third-order valence-electron chi connectivity index (χ3n) is 11.6. The Balaban J connectivity index is 4.25. The molecular formula is C60H102O6. The Kier molecular flexibility index (Phi) is 51.4.